The number of ketones is 1. The second-order valence-corrected chi connectivity index (χ2v) is 12.3. The molecule has 0 aromatic heterocycles. The summed E-state index contributed by atoms with van der Waals surface area (Å²) in [6.45, 7) is 13.2. The van der Waals surface area contributed by atoms with Gasteiger partial charge in [0, 0.05) is 16.7 Å². The Hall–Kier alpha value is -4.44. The van der Waals surface area contributed by atoms with Crippen molar-refractivity contribution in [2.45, 2.75) is 59.0 Å². The van der Waals surface area contributed by atoms with Crippen LogP contribution >= 0.6 is 0 Å². The standard InChI is InChI=1S/C37H38O4/c1-36(2,3)32-29(27-15-11-8-12-16-27)23-30(31(38)22-19-25-17-20-28(21-18-25)35(39)40)33(37(4,5)6)34(32)41-24-26-13-9-7-10-14-26/h7-23H,24H2,1-6H3,(H,39,40)/b22-19+. The largest absolute Gasteiger partial charge is 0.488 e. The van der Waals surface area contributed by atoms with E-state index in [1.54, 1.807) is 24.3 Å². The normalized spacial score (nSPS) is 12.0. The summed E-state index contributed by atoms with van der Waals surface area (Å²) >= 11 is 0. The van der Waals surface area contributed by atoms with Crippen molar-refractivity contribution >= 4 is 17.8 Å². The monoisotopic (exact) mass is 546 g/mol. The van der Waals surface area contributed by atoms with Crippen LogP contribution in [-0.2, 0) is 17.4 Å². The predicted molar refractivity (Wildman–Crippen MR) is 167 cm³/mol. The summed E-state index contributed by atoms with van der Waals surface area (Å²) < 4.78 is 6.73. The van der Waals surface area contributed by atoms with E-state index < -0.39 is 11.4 Å². The molecule has 0 heterocycles. The molecule has 210 valence electrons. The zero-order valence-electron chi connectivity index (χ0n) is 24.7. The SMILES string of the molecule is CC(C)(C)c1c(C(=O)/C=C/c2ccc(C(=O)O)cc2)cc(-c2ccccc2)c(C(C)(C)C)c1OCc1ccccc1. The van der Waals surface area contributed by atoms with Gasteiger partial charge < -0.3 is 9.84 Å². The molecule has 4 heteroatoms. The first-order chi connectivity index (χ1) is 19.4. The van der Waals surface area contributed by atoms with Gasteiger partial charge in [-0.25, -0.2) is 4.79 Å². The van der Waals surface area contributed by atoms with E-state index >= 15 is 0 Å². The van der Waals surface area contributed by atoms with E-state index in [2.05, 4.69) is 53.7 Å². The fraction of sp³-hybridized carbons (Fsp3) is 0.243. The first-order valence-electron chi connectivity index (χ1n) is 13.9. The Morgan fingerprint density at radius 1 is 0.756 bits per heavy atom. The van der Waals surface area contributed by atoms with Gasteiger partial charge in [-0.15, -0.1) is 0 Å². The van der Waals surface area contributed by atoms with Gasteiger partial charge in [0.15, 0.2) is 5.78 Å². The predicted octanol–water partition coefficient (Wildman–Crippen LogP) is 9.12. The Morgan fingerprint density at radius 2 is 1.32 bits per heavy atom. The lowest BCUT2D eigenvalue weighted by molar-refractivity contribution is 0.0696. The van der Waals surface area contributed by atoms with Crippen LogP contribution in [0.25, 0.3) is 17.2 Å². The first-order valence-corrected chi connectivity index (χ1v) is 13.9. The van der Waals surface area contributed by atoms with Crippen LogP contribution in [0.15, 0.2) is 97.1 Å². The van der Waals surface area contributed by atoms with Crippen molar-refractivity contribution < 1.29 is 19.4 Å². The van der Waals surface area contributed by atoms with Gasteiger partial charge in [-0.2, -0.15) is 0 Å². The topological polar surface area (TPSA) is 63.6 Å². The molecule has 0 aliphatic heterocycles. The molecular formula is C37H38O4. The quantitative estimate of drug-likeness (QED) is 0.177. The van der Waals surface area contributed by atoms with Gasteiger partial charge in [0.05, 0.1) is 5.56 Å². The maximum absolute atomic E-state index is 14.0. The van der Waals surface area contributed by atoms with Gasteiger partial charge in [-0.3, -0.25) is 4.79 Å². The molecule has 0 fully saturated rings. The first kappa shape index (κ1) is 29.5. The summed E-state index contributed by atoms with van der Waals surface area (Å²) in [6.07, 6.45) is 3.29. The van der Waals surface area contributed by atoms with Crippen molar-refractivity contribution in [3.05, 3.63) is 130 Å². The molecule has 0 aliphatic carbocycles. The number of hydrogen-bond acceptors (Lipinski definition) is 3. The zero-order valence-corrected chi connectivity index (χ0v) is 24.7. The van der Waals surface area contributed by atoms with Gasteiger partial charge in [0.2, 0.25) is 0 Å². The van der Waals surface area contributed by atoms with Crippen LogP contribution in [0.1, 0.15) is 84.5 Å². The number of carboxylic acids is 1. The van der Waals surface area contributed by atoms with E-state index in [0.717, 1.165) is 39.1 Å². The Morgan fingerprint density at radius 3 is 1.85 bits per heavy atom. The minimum absolute atomic E-state index is 0.139. The lowest BCUT2D eigenvalue weighted by Crippen LogP contribution is -2.24. The number of ether oxygens (including phenoxy) is 1. The lowest BCUT2D eigenvalue weighted by Gasteiger charge is -2.33. The number of hydrogen-bond donors (Lipinski definition) is 1. The Bertz CT molecular complexity index is 1550. The molecule has 0 bridgehead atoms. The van der Waals surface area contributed by atoms with Crippen molar-refractivity contribution in [2.24, 2.45) is 0 Å². The maximum Gasteiger partial charge on any atom is 0.335 e. The van der Waals surface area contributed by atoms with Crippen molar-refractivity contribution in [3.63, 3.8) is 0 Å². The van der Waals surface area contributed by atoms with Crippen molar-refractivity contribution in [1.82, 2.24) is 0 Å². The second kappa shape index (κ2) is 12.0. The molecule has 4 rings (SSSR count). The number of benzene rings is 4. The minimum atomic E-state index is -0.984. The van der Waals surface area contributed by atoms with E-state index in [9.17, 15) is 14.7 Å². The summed E-state index contributed by atoms with van der Waals surface area (Å²) in [5, 5.41) is 9.21. The van der Waals surface area contributed by atoms with E-state index in [4.69, 9.17) is 4.74 Å². The summed E-state index contributed by atoms with van der Waals surface area (Å²) in [4.78, 5) is 25.2. The Labute approximate surface area is 243 Å². The van der Waals surface area contributed by atoms with E-state index in [1.807, 2.05) is 54.6 Å². The molecule has 0 spiro atoms. The summed E-state index contributed by atoms with van der Waals surface area (Å²) in [7, 11) is 0. The molecule has 41 heavy (non-hydrogen) atoms. The summed E-state index contributed by atoms with van der Waals surface area (Å²) in [6, 6.07) is 28.7. The van der Waals surface area contributed by atoms with Crippen molar-refractivity contribution in [1.29, 1.82) is 0 Å². The highest BCUT2D eigenvalue weighted by molar-refractivity contribution is 6.09. The highest BCUT2D eigenvalue weighted by atomic mass is 16.5. The third-order valence-electron chi connectivity index (χ3n) is 6.94. The smallest absolute Gasteiger partial charge is 0.335 e. The molecule has 4 aromatic rings. The van der Waals surface area contributed by atoms with Crippen LogP contribution < -0.4 is 4.74 Å². The third kappa shape index (κ3) is 7.01. The van der Waals surface area contributed by atoms with Gasteiger partial charge in [-0.05, 0) is 57.4 Å². The summed E-state index contributed by atoms with van der Waals surface area (Å²) in [5.41, 5.74) is 5.83. The van der Waals surface area contributed by atoms with Crippen molar-refractivity contribution in [2.75, 3.05) is 0 Å². The van der Waals surface area contributed by atoms with Crippen LogP contribution in [0.3, 0.4) is 0 Å². The van der Waals surface area contributed by atoms with Crippen molar-refractivity contribution in [3.8, 4) is 16.9 Å². The van der Waals surface area contributed by atoms with Gasteiger partial charge in [-0.1, -0.05) is 120 Å². The minimum Gasteiger partial charge on any atom is -0.488 e. The van der Waals surface area contributed by atoms with Gasteiger partial charge in [0.1, 0.15) is 12.4 Å². The fourth-order valence-corrected chi connectivity index (χ4v) is 5.06. The molecule has 4 aromatic carbocycles. The molecule has 0 saturated carbocycles. The molecule has 0 saturated heterocycles. The lowest BCUT2D eigenvalue weighted by atomic mass is 9.73. The second-order valence-electron chi connectivity index (χ2n) is 12.3. The highest BCUT2D eigenvalue weighted by Crippen LogP contribution is 2.47. The number of carboxylic acid groups (broad SMARTS) is 1. The number of carbonyl (C=O) groups is 2. The molecule has 0 aliphatic rings. The van der Waals surface area contributed by atoms with Gasteiger partial charge >= 0.3 is 5.97 Å². The van der Waals surface area contributed by atoms with E-state index in [1.165, 1.54) is 12.1 Å². The maximum atomic E-state index is 14.0. The number of aromatic carboxylic acids is 1. The molecule has 4 nitrogen and oxygen atoms in total. The van der Waals surface area contributed by atoms with Crippen LogP contribution in [-0.4, -0.2) is 16.9 Å². The van der Waals surface area contributed by atoms with Crippen LogP contribution in [0.2, 0.25) is 0 Å². The Balaban J connectivity index is 1.94. The molecule has 1 N–H and O–H groups in total. The zero-order chi connectivity index (χ0) is 29.8. The third-order valence-corrected chi connectivity index (χ3v) is 6.94. The highest BCUT2D eigenvalue weighted by Gasteiger charge is 2.34. The van der Waals surface area contributed by atoms with Crippen LogP contribution in [0.4, 0.5) is 0 Å². The van der Waals surface area contributed by atoms with E-state index in [0.29, 0.717) is 12.2 Å². The molecular weight excluding hydrogens is 508 g/mol. The van der Waals surface area contributed by atoms with E-state index in [-0.39, 0.29) is 16.8 Å². The molecule has 0 unspecified atom stereocenters. The molecule has 0 radical (unpaired) electrons. The van der Waals surface area contributed by atoms with Gasteiger partial charge in [0.25, 0.3) is 0 Å². The number of allylic oxidation sites excluding steroid dienone is 1. The average Bonchev–Trinajstić information content (AvgIpc) is 2.94. The Kier molecular flexibility index (Phi) is 8.63. The fourth-order valence-electron chi connectivity index (χ4n) is 5.06. The summed E-state index contributed by atoms with van der Waals surface area (Å²) in [5.74, 6) is -0.376. The van der Waals surface area contributed by atoms with Crippen LogP contribution in [0, 0.1) is 0 Å². The molecule has 0 atom stereocenters. The molecule has 0 amide bonds. The average molecular weight is 547 g/mol. The number of rotatable bonds is 8. The number of carbonyl (C=O) groups excluding carboxylic acids is 1. The van der Waals surface area contributed by atoms with Crippen LogP contribution in [0.5, 0.6) is 5.75 Å².